The molecule has 0 aromatic carbocycles. The Morgan fingerprint density at radius 3 is 3.29 bits per heavy atom. The summed E-state index contributed by atoms with van der Waals surface area (Å²) in [5.41, 5.74) is 0.626. The normalized spacial score (nSPS) is 21.9. The Kier molecular flexibility index (Phi) is 2.78. The van der Waals surface area contributed by atoms with E-state index in [1.165, 1.54) is 12.5 Å². The summed E-state index contributed by atoms with van der Waals surface area (Å²) in [5.74, 6) is 0.110. The molecule has 1 fully saturated rings. The second-order valence-corrected chi connectivity index (χ2v) is 3.45. The number of hydrogen-bond donors (Lipinski definition) is 2. The standard InChI is InChI=1S/C9H13N3O2/c13-9(7-2-1-3-10-4-7)12-8-5-11-14-6-8/h5-7,10H,1-4H2,(H,12,13)/t7-/m0/s1. The Morgan fingerprint density at radius 2 is 2.64 bits per heavy atom. The average Bonchev–Trinajstić information content (AvgIpc) is 2.72. The van der Waals surface area contributed by atoms with E-state index in [1.54, 1.807) is 0 Å². The molecule has 0 aliphatic carbocycles. The molecule has 5 heteroatoms. The van der Waals surface area contributed by atoms with E-state index in [0.717, 1.165) is 25.9 Å². The molecular formula is C9H13N3O2. The van der Waals surface area contributed by atoms with Gasteiger partial charge in [0.15, 0.2) is 0 Å². The first-order valence-corrected chi connectivity index (χ1v) is 4.77. The quantitative estimate of drug-likeness (QED) is 0.725. The van der Waals surface area contributed by atoms with Gasteiger partial charge in [-0.05, 0) is 19.4 Å². The highest BCUT2D eigenvalue weighted by molar-refractivity contribution is 5.92. The van der Waals surface area contributed by atoms with E-state index in [0.29, 0.717) is 5.69 Å². The number of nitrogens with zero attached hydrogens (tertiary/aromatic N) is 1. The van der Waals surface area contributed by atoms with Gasteiger partial charge in [0.25, 0.3) is 0 Å². The van der Waals surface area contributed by atoms with E-state index in [1.807, 2.05) is 0 Å². The van der Waals surface area contributed by atoms with Crippen LogP contribution in [0.3, 0.4) is 0 Å². The Hall–Kier alpha value is -1.36. The van der Waals surface area contributed by atoms with Crippen LogP contribution in [0.2, 0.25) is 0 Å². The van der Waals surface area contributed by atoms with E-state index >= 15 is 0 Å². The van der Waals surface area contributed by atoms with Crippen LogP contribution in [-0.4, -0.2) is 24.2 Å². The number of aromatic nitrogens is 1. The molecule has 1 aromatic rings. The van der Waals surface area contributed by atoms with E-state index in [-0.39, 0.29) is 11.8 Å². The van der Waals surface area contributed by atoms with E-state index in [4.69, 9.17) is 0 Å². The second kappa shape index (κ2) is 4.23. The van der Waals surface area contributed by atoms with Crippen molar-refractivity contribution in [3.05, 3.63) is 12.5 Å². The molecule has 2 rings (SSSR count). The highest BCUT2D eigenvalue weighted by Crippen LogP contribution is 2.13. The van der Waals surface area contributed by atoms with Crippen LogP contribution in [0.25, 0.3) is 0 Å². The van der Waals surface area contributed by atoms with Crippen LogP contribution >= 0.6 is 0 Å². The molecule has 0 unspecified atom stereocenters. The van der Waals surface area contributed by atoms with Gasteiger partial charge in [-0.3, -0.25) is 4.79 Å². The number of amides is 1. The molecule has 0 saturated carbocycles. The van der Waals surface area contributed by atoms with E-state index < -0.39 is 0 Å². The monoisotopic (exact) mass is 195 g/mol. The maximum Gasteiger partial charge on any atom is 0.228 e. The molecule has 0 bridgehead atoms. The molecule has 76 valence electrons. The smallest absolute Gasteiger partial charge is 0.228 e. The molecular weight excluding hydrogens is 182 g/mol. The summed E-state index contributed by atoms with van der Waals surface area (Å²) in [6.45, 7) is 1.77. The van der Waals surface area contributed by atoms with Crippen LogP contribution in [-0.2, 0) is 4.79 Å². The zero-order valence-corrected chi connectivity index (χ0v) is 7.82. The zero-order valence-electron chi connectivity index (χ0n) is 7.82. The fourth-order valence-electron chi connectivity index (χ4n) is 1.59. The van der Waals surface area contributed by atoms with Crippen LogP contribution in [0.5, 0.6) is 0 Å². The van der Waals surface area contributed by atoms with Crippen molar-refractivity contribution in [1.82, 2.24) is 10.5 Å². The molecule has 14 heavy (non-hydrogen) atoms. The van der Waals surface area contributed by atoms with E-state index in [2.05, 4.69) is 20.3 Å². The fraction of sp³-hybridized carbons (Fsp3) is 0.556. The third kappa shape index (κ3) is 2.11. The third-order valence-corrected chi connectivity index (χ3v) is 2.37. The molecule has 1 aromatic heterocycles. The summed E-state index contributed by atoms with van der Waals surface area (Å²) in [6.07, 6.45) is 4.92. The van der Waals surface area contributed by atoms with E-state index in [9.17, 15) is 4.79 Å². The van der Waals surface area contributed by atoms with Crippen molar-refractivity contribution < 1.29 is 9.32 Å². The van der Waals surface area contributed by atoms with Gasteiger partial charge in [0.1, 0.15) is 12.0 Å². The van der Waals surface area contributed by atoms with Crippen LogP contribution in [0.15, 0.2) is 17.0 Å². The summed E-state index contributed by atoms with van der Waals surface area (Å²) in [6, 6.07) is 0. The van der Waals surface area contributed by atoms with Gasteiger partial charge in [-0.15, -0.1) is 0 Å². The Bertz CT molecular complexity index is 291. The zero-order chi connectivity index (χ0) is 9.80. The molecule has 1 saturated heterocycles. The van der Waals surface area contributed by atoms with Crippen LogP contribution < -0.4 is 10.6 Å². The Morgan fingerprint density at radius 1 is 1.71 bits per heavy atom. The Balaban J connectivity index is 1.88. The maximum atomic E-state index is 11.6. The number of piperidine rings is 1. The number of carbonyl (C=O) groups is 1. The highest BCUT2D eigenvalue weighted by Gasteiger charge is 2.20. The molecule has 1 atom stereocenters. The lowest BCUT2D eigenvalue weighted by Crippen LogP contribution is -2.37. The highest BCUT2D eigenvalue weighted by atomic mass is 16.5. The lowest BCUT2D eigenvalue weighted by Gasteiger charge is -2.21. The molecule has 0 spiro atoms. The van der Waals surface area contributed by atoms with Gasteiger partial charge in [0.2, 0.25) is 5.91 Å². The summed E-state index contributed by atoms with van der Waals surface area (Å²) < 4.78 is 4.62. The lowest BCUT2D eigenvalue weighted by molar-refractivity contribution is -0.120. The van der Waals surface area contributed by atoms with Gasteiger partial charge in [-0.25, -0.2) is 0 Å². The molecule has 2 heterocycles. The molecule has 2 N–H and O–H groups in total. The molecule has 0 radical (unpaired) electrons. The van der Waals surface area contributed by atoms with Crippen LogP contribution in [0, 0.1) is 5.92 Å². The molecule has 1 aliphatic heterocycles. The lowest BCUT2D eigenvalue weighted by atomic mass is 9.99. The topological polar surface area (TPSA) is 67.2 Å². The number of nitrogens with one attached hydrogen (secondary N) is 2. The molecule has 1 amide bonds. The minimum Gasteiger partial charge on any atom is -0.363 e. The van der Waals surface area contributed by atoms with Crippen molar-refractivity contribution >= 4 is 11.6 Å². The van der Waals surface area contributed by atoms with Crippen molar-refractivity contribution in [2.75, 3.05) is 18.4 Å². The third-order valence-electron chi connectivity index (χ3n) is 2.37. The van der Waals surface area contributed by atoms with Gasteiger partial charge >= 0.3 is 0 Å². The van der Waals surface area contributed by atoms with Gasteiger partial charge < -0.3 is 15.2 Å². The predicted molar refractivity (Wildman–Crippen MR) is 50.7 cm³/mol. The van der Waals surface area contributed by atoms with Crippen LogP contribution in [0.1, 0.15) is 12.8 Å². The number of rotatable bonds is 2. The van der Waals surface area contributed by atoms with Gasteiger partial charge in [0.05, 0.1) is 12.1 Å². The molecule has 1 aliphatic rings. The average molecular weight is 195 g/mol. The predicted octanol–water partition coefficient (Wildman–Crippen LogP) is 0.613. The summed E-state index contributed by atoms with van der Waals surface area (Å²) in [4.78, 5) is 11.6. The largest absolute Gasteiger partial charge is 0.363 e. The first-order valence-electron chi connectivity index (χ1n) is 4.77. The van der Waals surface area contributed by atoms with Gasteiger partial charge in [-0.2, -0.15) is 0 Å². The first-order chi connectivity index (χ1) is 6.86. The minimum atomic E-state index is 0.0420. The van der Waals surface area contributed by atoms with Crippen LogP contribution in [0.4, 0.5) is 5.69 Å². The fourth-order valence-corrected chi connectivity index (χ4v) is 1.59. The summed E-state index contributed by atoms with van der Waals surface area (Å²) in [5, 5.41) is 9.47. The number of anilines is 1. The van der Waals surface area contributed by atoms with Crippen molar-refractivity contribution in [2.24, 2.45) is 5.92 Å². The maximum absolute atomic E-state index is 11.6. The van der Waals surface area contributed by atoms with Gasteiger partial charge in [0, 0.05) is 6.54 Å². The summed E-state index contributed by atoms with van der Waals surface area (Å²) in [7, 11) is 0. The van der Waals surface area contributed by atoms with Crippen molar-refractivity contribution in [3.63, 3.8) is 0 Å². The van der Waals surface area contributed by atoms with Crippen molar-refractivity contribution in [3.8, 4) is 0 Å². The van der Waals surface area contributed by atoms with Crippen molar-refractivity contribution in [2.45, 2.75) is 12.8 Å². The second-order valence-electron chi connectivity index (χ2n) is 3.45. The number of carbonyl (C=O) groups excluding carboxylic acids is 1. The Labute approximate surface area is 81.8 Å². The molecule has 5 nitrogen and oxygen atoms in total. The number of hydrogen-bond acceptors (Lipinski definition) is 4. The minimum absolute atomic E-state index is 0.0420. The SMILES string of the molecule is O=C(Nc1cnoc1)[C@H]1CCCNC1. The van der Waals surface area contributed by atoms with Gasteiger partial charge in [-0.1, -0.05) is 5.16 Å². The van der Waals surface area contributed by atoms with Crippen molar-refractivity contribution in [1.29, 1.82) is 0 Å². The summed E-state index contributed by atoms with van der Waals surface area (Å²) >= 11 is 0. The first kappa shape index (κ1) is 9.21.